The molecule has 0 aromatic heterocycles. The fourth-order valence-corrected chi connectivity index (χ4v) is 2.39. The third-order valence-electron chi connectivity index (χ3n) is 2.85. The molecule has 0 unspecified atom stereocenters. The van der Waals surface area contributed by atoms with Gasteiger partial charge in [0, 0.05) is 26.7 Å². The minimum absolute atomic E-state index is 0.105. The number of nitrogens with two attached hydrogens (primary N) is 1. The van der Waals surface area contributed by atoms with Gasteiger partial charge in [0.05, 0.1) is 0 Å². The molecule has 5 heteroatoms. The molecule has 0 spiro atoms. The Kier molecular flexibility index (Phi) is 5.02. The summed E-state index contributed by atoms with van der Waals surface area (Å²) in [5.41, 5.74) is 7.19. The highest BCUT2D eigenvalue weighted by atomic mass is 79.9. The van der Waals surface area contributed by atoms with Crippen LogP contribution in [0.1, 0.15) is 24.1 Å². The van der Waals surface area contributed by atoms with E-state index >= 15 is 0 Å². The molecule has 2 aromatic rings. The zero-order chi connectivity index (χ0) is 14.7. The van der Waals surface area contributed by atoms with Crippen molar-refractivity contribution in [3.63, 3.8) is 0 Å². The van der Waals surface area contributed by atoms with Crippen LogP contribution in [0.5, 0.6) is 5.75 Å². The van der Waals surface area contributed by atoms with Crippen LogP contribution in [-0.4, -0.2) is 0 Å². The van der Waals surface area contributed by atoms with Crippen LogP contribution >= 0.6 is 27.5 Å². The molecule has 0 saturated heterocycles. The van der Waals surface area contributed by atoms with E-state index in [1.54, 1.807) is 6.07 Å². The standard InChI is InChI=1S/C15H14BrClFNO/c1-9(19)13-7-11(16)2-5-15(13)20-8-10-6-12(17)3-4-14(10)18/h2-7,9H,8,19H2,1H3/t9-/m1/s1. The average molecular weight is 359 g/mol. The monoisotopic (exact) mass is 357 g/mol. The van der Waals surface area contributed by atoms with E-state index in [1.165, 1.54) is 12.1 Å². The smallest absolute Gasteiger partial charge is 0.129 e. The van der Waals surface area contributed by atoms with Gasteiger partial charge in [0.15, 0.2) is 0 Å². The summed E-state index contributed by atoms with van der Waals surface area (Å²) >= 11 is 9.25. The lowest BCUT2D eigenvalue weighted by Crippen LogP contribution is -2.08. The van der Waals surface area contributed by atoms with Crippen LogP contribution in [0.15, 0.2) is 40.9 Å². The van der Waals surface area contributed by atoms with Crippen molar-refractivity contribution in [3.05, 3.63) is 62.8 Å². The highest BCUT2D eigenvalue weighted by Gasteiger charge is 2.10. The van der Waals surface area contributed by atoms with Gasteiger partial charge in [-0.2, -0.15) is 0 Å². The van der Waals surface area contributed by atoms with Crippen LogP contribution in [0.25, 0.3) is 0 Å². The zero-order valence-corrected chi connectivity index (χ0v) is 13.2. The lowest BCUT2D eigenvalue weighted by molar-refractivity contribution is 0.295. The molecule has 0 amide bonds. The quantitative estimate of drug-likeness (QED) is 0.848. The lowest BCUT2D eigenvalue weighted by atomic mass is 10.1. The second kappa shape index (κ2) is 6.57. The summed E-state index contributed by atoms with van der Waals surface area (Å²) in [7, 11) is 0. The topological polar surface area (TPSA) is 35.2 Å². The summed E-state index contributed by atoms with van der Waals surface area (Å²) in [5.74, 6) is 0.302. The third-order valence-corrected chi connectivity index (χ3v) is 3.58. The van der Waals surface area contributed by atoms with Crippen LogP contribution in [0.4, 0.5) is 4.39 Å². The van der Waals surface area contributed by atoms with Crippen molar-refractivity contribution in [2.24, 2.45) is 5.73 Å². The van der Waals surface area contributed by atoms with E-state index in [2.05, 4.69) is 15.9 Å². The fraction of sp³-hybridized carbons (Fsp3) is 0.200. The van der Waals surface area contributed by atoms with E-state index in [4.69, 9.17) is 22.1 Å². The maximum atomic E-state index is 13.6. The second-order valence-corrected chi connectivity index (χ2v) is 5.85. The molecule has 2 nitrogen and oxygen atoms in total. The van der Waals surface area contributed by atoms with Gasteiger partial charge in [0.25, 0.3) is 0 Å². The number of benzene rings is 2. The third kappa shape index (κ3) is 3.72. The molecule has 0 radical (unpaired) electrons. The lowest BCUT2D eigenvalue weighted by Gasteiger charge is -2.15. The van der Waals surface area contributed by atoms with E-state index in [1.807, 2.05) is 25.1 Å². The Labute approximate surface area is 130 Å². The summed E-state index contributed by atoms with van der Waals surface area (Å²) in [4.78, 5) is 0. The Bertz CT molecular complexity index is 619. The highest BCUT2D eigenvalue weighted by molar-refractivity contribution is 9.10. The first-order valence-electron chi connectivity index (χ1n) is 6.09. The van der Waals surface area contributed by atoms with Gasteiger partial charge < -0.3 is 10.5 Å². The zero-order valence-electron chi connectivity index (χ0n) is 10.9. The average Bonchev–Trinajstić information content (AvgIpc) is 2.40. The molecule has 106 valence electrons. The molecule has 0 heterocycles. The maximum Gasteiger partial charge on any atom is 0.129 e. The molecule has 2 aromatic carbocycles. The largest absolute Gasteiger partial charge is 0.488 e. The Morgan fingerprint density at radius 1 is 1.30 bits per heavy atom. The molecule has 0 saturated carbocycles. The number of ether oxygens (including phenoxy) is 1. The van der Waals surface area contributed by atoms with E-state index in [-0.39, 0.29) is 18.5 Å². The van der Waals surface area contributed by atoms with Gasteiger partial charge >= 0.3 is 0 Å². The van der Waals surface area contributed by atoms with Gasteiger partial charge in [0.1, 0.15) is 18.2 Å². The highest BCUT2D eigenvalue weighted by Crippen LogP contribution is 2.28. The summed E-state index contributed by atoms with van der Waals surface area (Å²) in [6.45, 7) is 1.97. The summed E-state index contributed by atoms with van der Waals surface area (Å²) in [6, 6.07) is 9.78. The van der Waals surface area contributed by atoms with E-state index < -0.39 is 0 Å². The van der Waals surface area contributed by atoms with Crippen molar-refractivity contribution in [1.29, 1.82) is 0 Å². The summed E-state index contributed by atoms with van der Waals surface area (Å²) in [5, 5.41) is 0.480. The Morgan fingerprint density at radius 2 is 2.05 bits per heavy atom. The minimum Gasteiger partial charge on any atom is -0.488 e. The van der Waals surface area contributed by atoms with Crippen molar-refractivity contribution in [3.8, 4) is 5.75 Å². The first-order chi connectivity index (χ1) is 9.47. The minimum atomic E-state index is -0.339. The molecule has 0 aliphatic rings. The molecule has 20 heavy (non-hydrogen) atoms. The van der Waals surface area contributed by atoms with Gasteiger partial charge in [-0.3, -0.25) is 0 Å². The van der Waals surface area contributed by atoms with Gasteiger partial charge in [0.2, 0.25) is 0 Å². The fourth-order valence-electron chi connectivity index (χ4n) is 1.82. The predicted molar refractivity (Wildman–Crippen MR) is 82.5 cm³/mol. The molecular weight excluding hydrogens is 345 g/mol. The van der Waals surface area contributed by atoms with Gasteiger partial charge in [-0.1, -0.05) is 27.5 Å². The van der Waals surface area contributed by atoms with Gasteiger partial charge in [-0.15, -0.1) is 0 Å². The van der Waals surface area contributed by atoms with Crippen molar-refractivity contribution in [2.75, 3.05) is 0 Å². The SMILES string of the molecule is C[C@@H](N)c1cc(Br)ccc1OCc1cc(Cl)ccc1F. The predicted octanol–water partition coefficient (Wildman–Crippen LogP) is 4.84. The molecule has 2 N–H and O–H groups in total. The molecule has 0 bridgehead atoms. The second-order valence-electron chi connectivity index (χ2n) is 4.50. The van der Waals surface area contributed by atoms with Crippen molar-refractivity contribution >= 4 is 27.5 Å². The van der Waals surface area contributed by atoms with Gasteiger partial charge in [-0.05, 0) is 43.3 Å². The van der Waals surface area contributed by atoms with Crippen LogP contribution in [0.2, 0.25) is 5.02 Å². The molecular formula is C15H14BrClFNO. The molecule has 2 rings (SSSR count). The first kappa shape index (κ1) is 15.3. The number of hydrogen-bond donors (Lipinski definition) is 1. The van der Waals surface area contributed by atoms with E-state index in [0.717, 1.165) is 10.0 Å². The van der Waals surface area contributed by atoms with E-state index in [9.17, 15) is 4.39 Å². The van der Waals surface area contributed by atoms with Crippen LogP contribution in [0.3, 0.4) is 0 Å². The van der Waals surface area contributed by atoms with Crippen LogP contribution in [0, 0.1) is 5.82 Å². The Balaban J connectivity index is 2.20. The number of rotatable bonds is 4. The van der Waals surface area contributed by atoms with Gasteiger partial charge in [-0.25, -0.2) is 4.39 Å². The van der Waals surface area contributed by atoms with Crippen molar-refractivity contribution < 1.29 is 9.13 Å². The molecule has 0 fully saturated rings. The first-order valence-corrected chi connectivity index (χ1v) is 7.26. The number of halogens is 3. The normalized spacial score (nSPS) is 12.2. The van der Waals surface area contributed by atoms with Crippen LogP contribution in [-0.2, 0) is 6.61 Å². The number of hydrogen-bond acceptors (Lipinski definition) is 2. The maximum absolute atomic E-state index is 13.6. The van der Waals surface area contributed by atoms with E-state index in [0.29, 0.717) is 16.3 Å². The summed E-state index contributed by atoms with van der Waals surface area (Å²) in [6.07, 6.45) is 0. The molecule has 0 aliphatic carbocycles. The Morgan fingerprint density at radius 3 is 2.75 bits per heavy atom. The molecule has 0 aliphatic heterocycles. The van der Waals surface area contributed by atoms with Crippen LogP contribution < -0.4 is 10.5 Å². The Hall–Kier alpha value is -1.10. The molecule has 1 atom stereocenters. The van der Waals surface area contributed by atoms with Crippen molar-refractivity contribution in [1.82, 2.24) is 0 Å². The van der Waals surface area contributed by atoms with Crippen molar-refractivity contribution in [2.45, 2.75) is 19.6 Å². The summed E-state index contributed by atoms with van der Waals surface area (Å²) < 4.78 is 20.2.